The van der Waals surface area contributed by atoms with Gasteiger partial charge < -0.3 is 10.2 Å². The number of hydrogen-bond donors (Lipinski definition) is 2. The van der Waals surface area contributed by atoms with Gasteiger partial charge in [-0.05, 0) is 79.1 Å². The maximum Gasteiger partial charge on any atom is 0.237 e. The quantitative estimate of drug-likeness (QED) is 0.259. The summed E-state index contributed by atoms with van der Waals surface area (Å²) in [5.41, 5.74) is 6.34. The van der Waals surface area contributed by atoms with Crippen molar-refractivity contribution >= 4 is 34.0 Å². The van der Waals surface area contributed by atoms with Gasteiger partial charge in [0.05, 0.1) is 23.7 Å². The van der Waals surface area contributed by atoms with E-state index in [1.807, 2.05) is 35.2 Å². The molecule has 2 aliphatic heterocycles. The fraction of sp³-hybridized carbons (Fsp3) is 0.229. The number of amides is 2. The number of carbonyl (C=O) groups is 2. The summed E-state index contributed by atoms with van der Waals surface area (Å²) in [6.07, 6.45) is 7.09. The van der Waals surface area contributed by atoms with Crippen molar-refractivity contribution in [2.24, 2.45) is 5.92 Å². The Hall–Kier alpha value is -5.22. The summed E-state index contributed by atoms with van der Waals surface area (Å²) < 4.78 is 13.4. The van der Waals surface area contributed by atoms with E-state index in [0.717, 1.165) is 34.0 Å². The highest BCUT2D eigenvalue weighted by Gasteiger charge is 2.31. The number of nitrogens with zero attached hydrogens (tertiary/aromatic N) is 5. The summed E-state index contributed by atoms with van der Waals surface area (Å²) in [6.45, 7) is 2.79. The molecule has 10 heteroatoms. The van der Waals surface area contributed by atoms with Gasteiger partial charge >= 0.3 is 0 Å². The summed E-state index contributed by atoms with van der Waals surface area (Å²) in [6, 6.07) is 21.8. The lowest BCUT2D eigenvalue weighted by molar-refractivity contribution is -0.132. The minimum Gasteiger partial charge on any atom is -0.338 e. The maximum absolute atomic E-state index is 13.4. The molecule has 0 spiro atoms. The van der Waals surface area contributed by atoms with Crippen LogP contribution >= 0.6 is 0 Å². The first-order valence-corrected chi connectivity index (χ1v) is 15.1. The molecule has 1 fully saturated rings. The van der Waals surface area contributed by atoms with Crippen LogP contribution in [-0.4, -0.2) is 74.5 Å². The van der Waals surface area contributed by atoms with Crippen LogP contribution < -0.4 is 5.32 Å². The van der Waals surface area contributed by atoms with Gasteiger partial charge in [0, 0.05) is 54.2 Å². The van der Waals surface area contributed by atoms with E-state index in [-0.39, 0.29) is 23.5 Å². The number of likely N-dealkylation sites (tertiary alicyclic amines) is 1. The van der Waals surface area contributed by atoms with Crippen LogP contribution in [0.3, 0.4) is 0 Å². The standard InChI is InChI=1S/C35H32FN7O2/c36-28-8-6-25(7-9-28)33-30-20-29(10-11-31(30)40-41-33)39-35(45)27-12-17-42(21-27)22-32(44)43-18-13-24(14-19-43)23-2-4-26(5-3-23)34-37-15-1-16-38-34/h1-11,13,15-16,20,27H,12,14,17-19,21-22H2,(H,39,45)(H,40,41)/t27-/m1/s1. The molecule has 226 valence electrons. The van der Waals surface area contributed by atoms with Crippen molar-refractivity contribution in [3.05, 3.63) is 103 Å². The van der Waals surface area contributed by atoms with Crippen molar-refractivity contribution < 1.29 is 14.0 Å². The Balaban J connectivity index is 0.920. The van der Waals surface area contributed by atoms with Gasteiger partial charge in [0.1, 0.15) is 5.82 Å². The maximum atomic E-state index is 13.4. The first kappa shape index (κ1) is 28.5. The molecule has 45 heavy (non-hydrogen) atoms. The third-order valence-corrected chi connectivity index (χ3v) is 8.59. The lowest BCUT2D eigenvalue weighted by atomic mass is 9.98. The zero-order valence-electron chi connectivity index (χ0n) is 24.6. The number of carbonyl (C=O) groups excluding carboxylic acids is 2. The molecular formula is C35H32FN7O2. The van der Waals surface area contributed by atoms with Gasteiger partial charge in [-0.1, -0.05) is 30.3 Å². The number of rotatable bonds is 7. The zero-order chi connectivity index (χ0) is 30.8. The third kappa shape index (κ3) is 6.23. The molecular weight excluding hydrogens is 569 g/mol. The summed E-state index contributed by atoms with van der Waals surface area (Å²) in [7, 11) is 0. The van der Waals surface area contributed by atoms with E-state index in [1.165, 1.54) is 17.7 Å². The van der Waals surface area contributed by atoms with Crippen molar-refractivity contribution in [2.45, 2.75) is 12.8 Å². The van der Waals surface area contributed by atoms with E-state index in [2.05, 4.69) is 48.6 Å². The van der Waals surface area contributed by atoms with Crippen LogP contribution in [0.1, 0.15) is 18.4 Å². The van der Waals surface area contributed by atoms with E-state index in [9.17, 15) is 14.0 Å². The lowest BCUT2D eigenvalue weighted by Gasteiger charge is -2.28. The number of hydrogen-bond acceptors (Lipinski definition) is 6. The molecule has 2 N–H and O–H groups in total. The molecule has 0 aliphatic carbocycles. The Morgan fingerprint density at radius 2 is 1.69 bits per heavy atom. The molecule has 4 heterocycles. The van der Waals surface area contributed by atoms with E-state index in [1.54, 1.807) is 30.6 Å². The van der Waals surface area contributed by atoms with Crippen molar-refractivity contribution in [3.8, 4) is 22.6 Å². The van der Waals surface area contributed by atoms with Gasteiger partial charge in [0.15, 0.2) is 5.82 Å². The summed E-state index contributed by atoms with van der Waals surface area (Å²) in [4.78, 5) is 38.9. The number of benzene rings is 3. The Morgan fingerprint density at radius 1 is 0.933 bits per heavy atom. The number of fused-ring (bicyclic) bond motifs is 1. The number of aromatic amines is 1. The molecule has 0 bridgehead atoms. The van der Waals surface area contributed by atoms with E-state index >= 15 is 0 Å². The summed E-state index contributed by atoms with van der Waals surface area (Å²) in [5, 5.41) is 11.3. The molecule has 9 nitrogen and oxygen atoms in total. The van der Waals surface area contributed by atoms with E-state index in [4.69, 9.17) is 0 Å². The van der Waals surface area contributed by atoms with Crippen LogP contribution in [0, 0.1) is 11.7 Å². The van der Waals surface area contributed by atoms with Gasteiger partial charge in [-0.15, -0.1) is 0 Å². The second kappa shape index (κ2) is 12.4. The van der Waals surface area contributed by atoms with Gasteiger partial charge in [0.25, 0.3) is 0 Å². The molecule has 7 rings (SSSR count). The molecule has 2 aromatic heterocycles. The number of aromatic nitrogens is 4. The van der Waals surface area contributed by atoms with Crippen molar-refractivity contribution in [2.75, 3.05) is 38.0 Å². The van der Waals surface area contributed by atoms with Gasteiger partial charge in [-0.2, -0.15) is 5.10 Å². The fourth-order valence-electron chi connectivity index (χ4n) is 6.08. The van der Waals surface area contributed by atoms with Gasteiger partial charge in [-0.3, -0.25) is 19.6 Å². The van der Waals surface area contributed by atoms with Crippen LogP contribution in [0.25, 0.3) is 39.1 Å². The van der Waals surface area contributed by atoms with Crippen LogP contribution in [0.2, 0.25) is 0 Å². The van der Waals surface area contributed by atoms with Gasteiger partial charge in [-0.25, -0.2) is 14.4 Å². The largest absolute Gasteiger partial charge is 0.338 e. The molecule has 0 radical (unpaired) electrons. The summed E-state index contributed by atoms with van der Waals surface area (Å²) >= 11 is 0. The molecule has 1 atom stereocenters. The predicted molar refractivity (Wildman–Crippen MR) is 171 cm³/mol. The summed E-state index contributed by atoms with van der Waals surface area (Å²) in [5.74, 6) is 0.214. The highest BCUT2D eigenvalue weighted by atomic mass is 19.1. The molecule has 1 saturated heterocycles. The van der Waals surface area contributed by atoms with Crippen LogP contribution in [-0.2, 0) is 9.59 Å². The topological polar surface area (TPSA) is 107 Å². The normalized spacial score (nSPS) is 17.0. The average Bonchev–Trinajstić information content (AvgIpc) is 3.73. The zero-order valence-corrected chi connectivity index (χ0v) is 24.6. The highest BCUT2D eigenvalue weighted by Crippen LogP contribution is 2.30. The van der Waals surface area contributed by atoms with Crippen molar-refractivity contribution in [3.63, 3.8) is 0 Å². The smallest absolute Gasteiger partial charge is 0.237 e. The monoisotopic (exact) mass is 601 g/mol. The Labute approximate surface area is 259 Å². The third-order valence-electron chi connectivity index (χ3n) is 8.59. The Kier molecular flexibility index (Phi) is 7.87. The highest BCUT2D eigenvalue weighted by molar-refractivity contribution is 5.99. The number of halogens is 1. The average molecular weight is 602 g/mol. The molecule has 0 unspecified atom stereocenters. The van der Waals surface area contributed by atoms with Crippen LogP contribution in [0.4, 0.5) is 10.1 Å². The van der Waals surface area contributed by atoms with Crippen LogP contribution in [0.15, 0.2) is 91.3 Å². The van der Waals surface area contributed by atoms with Gasteiger partial charge in [0.2, 0.25) is 11.8 Å². The van der Waals surface area contributed by atoms with E-state index in [0.29, 0.717) is 56.4 Å². The second-order valence-corrected chi connectivity index (χ2v) is 11.5. The number of nitrogens with one attached hydrogen (secondary N) is 2. The second-order valence-electron chi connectivity index (χ2n) is 11.5. The molecule has 2 amide bonds. The van der Waals surface area contributed by atoms with E-state index < -0.39 is 0 Å². The molecule has 3 aromatic carbocycles. The Morgan fingerprint density at radius 3 is 2.44 bits per heavy atom. The van der Waals surface area contributed by atoms with Crippen LogP contribution in [0.5, 0.6) is 0 Å². The molecule has 5 aromatic rings. The lowest BCUT2D eigenvalue weighted by Crippen LogP contribution is -2.41. The fourth-order valence-corrected chi connectivity index (χ4v) is 6.08. The predicted octanol–water partition coefficient (Wildman–Crippen LogP) is 5.40. The SMILES string of the molecule is O=C(Nc1ccc2[nH]nc(-c3ccc(F)cc3)c2c1)[C@@H]1CCN(CC(=O)N2CC=C(c3ccc(-c4ncccn4)cc3)CC2)C1. The molecule has 0 saturated carbocycles. The first-order chi connectivity index (χ1) is 22.0. The number of H-pyrrole nitrogens is 1. The Bertz CT molecular complexity index is 1870. The first-order valence-electron chi connectivity index (χ1n) is 15.1. The number of anilines is 1. The molecule has 2 aliphatic rings. The van der Waals surface area contributed by atoms with Crippen molar-refractivity contribution in [1.82, 2.24) is 30.0 Å². The minimum atomic E-state index is -0.307. The minimum absolute atomic E-state index is 0.0634. The van der Waals surface area contributed by atoms with Crippen molar-refractivity contribution in [1.29, 1.82) is 0 Å².